The summed E-state index contributed by atoms with van der Waals surface area (Å²) in [5, 5.41) is 3.10. The summed E-state index contributed by atoms with van der Waals surface area (Å²) in [6, 6.07) is 3.22. The number of rotatable bonds is 9. The summed E-state index contributed by atoms with van der Waals surface area (Å²) in [5.41, 5.74) is 0.946. The molecule has 2 aromatic rings. The van der Waals surface area contributed by atoms with E-state index in [1.807, 2.05) is 20.8 Å². The number of Topliss-reactive ketones (excluding diaryl/α,β-unsaturated/α-hetero) is 1. The largest absolute Gasteiger partial charge is 0.490 e. The maximum Gasteiger partial charge on any atom is 0.257 e. The molecule has 0 spiro atoms. The fourth-order valence-electron chi connectivity index (χ4n) is 2.47. The zero-order chi connectivity index (χ0) is 20.0. The molecule has 2 rings (SSSR count). The monoisotopic (exact) mass is 392 g/mol. The lowest BCUT2D eigenvalue weighted by Gasteiger charge is -2.16. The Morgan fingerprint density at radius 1 is 1.04 bits per heavy atom. The first kappa shape index (κ1) is 20.7. The third-order valence-corrected chi connectivity index (χ3v) is 4.68. The molecule has 27 heavy (non-hydrogen) atoms. The minimum Gasteiger partial charge on any atom is -0.490 e. The molecule has 1 aromatic heterocycles. The number of ether oxygens (including phenoxy) is 3. The molecule has 0 radical (unpaired) electrons. The Bertz CT molecular complexity index is 804. The number of carbonyl (C=O) groups excluding carboxylic acids is 2. The Morgan fingerprint density at radius 3 is 2.04 bits per heavy atom. The van der Waals surface area contributed by atoms with E-state index in [0.717, 1.165) is 11.3 Å². The van der Waals surface area contributed by atoms with Gasteiger partial charge in [0.05, 0.1) is 30.4 Å². The van der Waals surface area contributed by atoms with E-state index in [9.17, 15) is 9.59 Å². The van der Waals surface area contributed by atoms with Gasteiger partial charge in [0.2, 0.25) is 5.75 Å². The number of nitrogens with one attached hydrogen (secondary N) is 1. The van der Waals surface area contributed by atoms with Crippen LogP contribution in [0.1, 0.15) is 53.4 Å². The first-order chi connectivity index (χ1) is 12.9. The van der Waals surface area contributed by atoms with E-state index < -0.39 is 0 Å². The van der Waals surface area contributed by atoms with Crippen LogP contribution in [0, 0.1) is 6.92 Å². The van der Waals surface area contributed by atoms with E-state index in [2.05, 4.69) is 10.3 Å². The Labute approximate surface area is 162 Å². The van der Waals surface area contributed by atoms with Gasteiger partial charge in [0.1, 0.15) is 0 Å². The van der Waals surface area contributed by atoms with Crippen LogP contribution in [0.25, 0.3) is 0 Å². The summed E-state index contributed by atoms with van der Waals surface area (Å²) in [6.07, 6.45) is 0. The van der Waals surface area contributed by atoms with Gasteiger partial charge in [-0.05, 0) is 39.8 Å². The number of anilines is 1. The molecule has 0 aliphatic carbocycles. The molecule has 146 valence electrons. The molecule has 0 unspecified atom stereocenters. The first-order valence-corrected chi connectivity index (χ1v) is 9.58. The number of nitrogens with zero attached hydrogens (tertiary/aromatic N) is 1. The van der Waals surface area contributed by atoms with Gasteiger partial charge < -0.3 is 14.2 Å². The zero-order valence-corrected chi connectivity index (χ0v) is 17.0. The molecule has 1 aromatic carbocycles. The minimum atomic E-state index is -0.371. The Balaban J connectivity index is 2.36. The number of aromatic nitrogens is 1. The first-order valence-electron chi connectivity index (χ1n) is 8.77. The lowest BCUT2D eigenvalue weighted by atomic mass is 10.1. The molecule has 1 amide bonds. The van der Waals surface area contributed by atoms with Crippen LogP contribution in [0.2, 0.25) is 0 Å². The number of carbonyl (C=O) groups is 2. The van der Waals surface area contributed by atoms with E-state index in [0.29, 0.717) is 58.3 Å². The lowest BCUT2D eigenvalue weighted by molar-refractivity contribution is 0.101. The van der Waals surface area contributed by atoms with Crippen LogP contribution in [0.5, 0.6) is 17.2 Å². The molecule has 0 bridgehead atoms. The number of benzene rings is 1. The van der Waals surface area contributed by atoms with Crippen molar-refractivity contribution in [3.05, 3.63) is 28.3 Å². The summed E-state index contributed by atoms with van der Waals surface area (Å²) in [6.45, 7) is 10.1. The molecule has 0 saturated heterocycles. The number of ketones is 1. The van der Waals surface area contributed by atoms with Gasteiger partial charge in [0.15, 0.2) is 22.4 Å². The van der Waals surface area contributed by atoms with E-state index in [1.165, 1.54) is 6.92 Å². The highest BCUT2D eigenvalue weighted by Crippen LogP contribution is 2.39. The fourth-order valence-corrected chi connectivity index (χ4v) is 3.32. The smallest absolute Gasteiger partial charge is 0.257 e. The Morgan fingerprint density at radius 2 is 1.59 bits per heavy atom. The molecular weight excluding hydrogens is 368 g/mol. The maximum absolute atomic E-state index is 12.7. The van der Waals surface area contributed by atoms with Gasteiger partial charge in [-0.25, -0.2) is 4.98 Å². The van der Waals surface area contributed by atoms with Crippen LogP contribution in [0.4, 0.5) is 5.13 Å². The molecule has 1 heterocycles. The summed E-state index contributed by atoms with van der Waals surface area (Å²) in [4.78, 5) is 29.1. The van der Waals surface area contributed by atoms with Crippen LogP contribution >= 0.6 is 11.3 Å². The number of aryl methyl sites for hydroxylation is 1. The summed E-state index contributed by atoms with van der Waals surface area (Å²) in [7, 11) is 0. The second kappa shape index (κ2) is 9.36. The number of amides is 1. The van der Waals surface area contributed by atoms with Crippen molar-refractivity contribution in [2.24, 2.45) is 0 Å². The minimum absolute atomic E-state index is 0.0798. The quantitative estimate of drug-likeness (QED) is 0.647. The van der Waals surface area contributed by atoms with Crippen LogP contribution in [0.15, 0.2) is 12.1 Å². The van der Waals surface area contributed by atoms with Crippen molar-refractivity contribution in [2.75, 3.05) is 25.1 Å². The number of thiazole rings is 1. The van der Waals surface area contributed by atoms with Crippen molar-refractivity contribution in [1.82, 2.24) is 4.98 Å². The normalized spacial score (nSPS) is 10.4. The molecule has 0 aliphatic heterocycles. The molecule has 1 N–H and O–H groups in total. The van der Waals surface area contributed by atoms with E-state index in [4.69, 9.17) is 14.2 Å². The van der Waals surface area contributed by atoms with Crippen molar-refractivity contribution in [1.29, 1.82) is 0 Å². The molecule has 0 aliphatic rings. The number of hydrogen-bond acceptors (Lipinski definition) is 7. The van der Waals surface area contributed by atoms with Gasteiger partial charge in [0, 0.05) is 12.5 Å². The van der Waals surface area contributed by atoms with Crippen LogP contribution < -0.4 is 19.5 Å². The SMILES string of the molecule is CCOc1cc(C(=O)Nc2nc(C)c(C(C)=O)s2)cc(OCC)c1OCC. The van der Waals surface area contributed by atoms with E-state index in [1.54, 1.807) is 19.1 Å². The van der Waals surface area contributed by atoms with Crippen molar-refractivity contribution in [3.63, 3.8) is 0 Å². The highest BCUT2D eigenvalue weighted by Gasteiger charge is 2.20. The van der Waals surface area contributed by atoms with Crippen molar-refractivity contribution in [3.8, 4) is 17.2 Å². The van der Waals surface area contributed by atoms with Crippen LogP contribution in [-0.2, 0) is 0 Å². The molecule has 7 nitrogen and oxygen atoms in total. The second-order valence-corrected chi connectivity index (χ2v) is 6.54. The molecule has 0 fully saturated rings. The molecule has 0 saturated carbocycles. The summed E-state index contributed by atoms with van der Waals surface area (Å²) < 4.78 is 16.9. The Kier molecular flexibility index (Phi) is 7.18. The van der Waals surface area contributed by atoms with Gasteiger partial charge in [-0.15, -0.1) is 0 Å². The zero-order valence-electron chi connectivity index (χ0n) is 16.2. The molecule has 0 atom stereocenters. The second-order valence-electron chi connectivity index (χ2n) is 5.54. The van der Waals surface area contributed by atoms with Gasteiger partial charge in [-0.1, -0.05) is 11.3 Å². The standard InChI is InChI=1S/C19H24N2O5S/c1-6-24-14-9-13(10-15(25-7-2)16(14)26-8-3)18(23)21-19-20-11(4)17(27-19)12(5)22/h9-10H,6-8H2,1-5H3,(H,20,21,23). The fraction of sp³-hybridized carbons (Fsp3) is 0.421. The molecule has 8 heteroatoms. The summed E-state index contributed by atoms with van der Waals surface area (Å²) >= 11 is 1.15. The number of hydrogen-bond donors (Lipinski definition) is 1. The molecular formula is C19H24N2O5S. The maximum atomic E-state index is 12.7. The van der Waals surface area contributed by atoms with E-state index >= 15 is 0 Å². The van der Waals surface area contributed by atoms with Crippen molar-refractivity contribution < 1.29 is 23.8 Å². The van der Waals surface area contributed by atoms with Gasteiger partial charge in [-0.2, -0.15) is 0 Å². The average molecular weight is 392 g/mol. The van der Waals surface area contributed by atoms with Gasteiger partial charge in [0.25, 0.3) is 5.91 Å². The van der Waals surface area contributed by atoms with Gasteiger partial charge >= 0.3 is 0 Å². The van der Waals surface area contributed by atoms with Crippen LogP contribution in [-0.4, -0.2) is 36.5 Å². The van der Waals surface area contributed by atoms with Crippen molar-refractivity contribution in [2.45, 2.75) is 34.6 Å². The van der Waals surface area contributed by atoms with Crippen LogP contribution in [0.3, 0.4) is 0 Å². The van der Waals surface area contributed by atoms with E-state index in [-0.39, 0.29) is 11.7 Å². The van der Waals surface area contributed by atoms with Gasteiger partial charge in [-0.3, -0.25) is 14.9 Å². The lowest BCUT2D eigenvalue weighted by Crippen LogP contribution is -2.13. The predicted octanol–water partition coefficient (Wildman–Crippen LogP) is 4.10. The Hall–Kier alpha value is -2.61. The summed E-state index contributed by atoms with van der Waals surface area (Å²) in [5.74, 6) is 0.903. The third kappa shape index (κ3) is 4.97. The van der Waals surface area contributed by atoms with Crippen molar-refractivity contribution >= 4 is 28.2 Å². The topological polar surface area (TPSA) is 86.8 Å². The average Bonchev–Trinajstić information content (AvgIpc) is 2.98. The third-order valence-electron chi connectivity index (χ3n) is 3.51. The highest BCUT2D eigenvalue weighted by molar-refractivity contribution is 7.17. The highest BCUT2D eigenvalue weighted by atomic mass is 32.1. The predicted molar refractivity (Wildman–Crippen MR) is 105 cm³/mol.